The van der Waals surface area contributed by atoms with Gasteiger partial charge in [0.15, 0.2) is 17.3 Å². The Labute approximate surface area is 195 Å². The lowest BCUT2D eigenvalue weighted by Crippen LogP contribution is -2.00. The molecule has 170 valence electrons. The molecule has 6 nitrogen and oxygen atoms in total. The second kappa shape index (κ2) is 9.42. The van der Waals surface area contributed by atoms with Crippen LogP contribution in [-0.4, -0.2) is 27.1 Å². The average molecular weight is 471 g/mol. The highest BCUT2D eigenvalue weighted by molar-refractivity contribution is 6.31. The topological polar surface area (TPSA) is 63.2 Å². The first-order valence-electron chi connectivity index (χ1n) is 9.88. The zero-order valence-electron chi connectivity index (χ0n) is 18.1. The number of allylic oxidation sites excluding steroid dienone is 1. The van der Waals surface area contributed by atoms with Crippen molar-refractivity contribution in [3.63, 3.8) is 0 Å². The van der Waals surface area contributed by atoms with Crippen molar-refractivity contribution in [2.45, 2.75) is 6.61 Å². The number of fused-ring (bicyclic) bond motifs is 1. The van der Waals surface area contributed by atoms with Crippen molar-refractivity contribution < 1.29 is 32.9 Å². The fourth-order valence-electron chi connectivity index (χ4n) is 3.36. The predicted molar refractivity (Wildman–Crippen MR) is 121 cm³/mol. The van der Waals surface area contributed by atoms with Crippen LogP contribution in [0.25, 0.3) is 6.08 Å². The van der Waals surface area contributed by atoms with Gasteiger partial charge in [-0.1, -0.05) is 17.7 Å². The third kappa shape index (κ3) is 4.59. The van der Waals surface area contributed by atoms with Crippen molar-refractivity contribution in [3.8, 4) is 28.7 Å². The summed E-state index contributed by atoms with van der Waals surface area (Å²) >= 11 is 6.05. The van der Waals surface area contributed by atoms with E-state index in [0.717, 1.165) is 0 Å². The fourth-order valence-corrected chi connectivity index (χ4v) is 3.59. The van der Waals surface area contributed by atoms with Crippen molar-refractivity contribution in [1.29, 1.82) is 0 Å². The van der Waals surface area contributed by atoms with Crippen LogP contribution in [0.4, 0.5) is 4.39 Å². The van der Waals surface area contributed by atoms with Gasteiger partial charge in [0.25, 0.3) is 0 Å². The van der Waals surface area contributed by atoms with Crippen molar-refractivity contribution in [3.05, 3.63) is 81.8 Å². The molecule has 1 aliphatic rings. The van der Waals surface area contributed by atoms with E-state index in [9.17, 15) is 9.18 Å². The zero-order chi connectivity index (χ0) is 23.5. The van der Waals surface area contributed by atoms with E-state index in [1.54, 1.807) is 42.5 Å². The Balaban J connectivity index is 1.57. The van der Waals surface area contributed by atoms with Crippen LogP contribution in [0.3, 0.4) is 0 Å². The van der Waals surface area contributed by atoms with E-state index < -0.39 is 5.82 Å². The molecule has 0 radical (unpaired) electrons. The molecule has 0 amide bonds. The monoisotopic (exact) mass is 470 g/mol. The Hall–Kier alpha value is -3.71. The van der Waals surface area contributed by atoms with Crippen LogP contribution < -0.4 is 23.7 Å². The number of ketones is 1. The maximum Gasteiger partial charge on any atom is 0.231 e. The molecule has 0 N–H and O–H groups in total. The first kappa shape index (κ1) is 22.5. The molecule has 0 bridgehead atoms. The van der Waals surface area contributed by atoms with Gasteiger partial charge in [-0.05, 0) is 36.4 Å². The molecule has 0 aromatic heterocycles. The van der Waals surface area contributed by atoms with Gasteiger partial charge in [0, 0.05) is 23.3 Å². The van der Waals surface area contributed by atoms with Crippen molar-refractivity contribution in [2.24, 2.45) is 0 Å². The molecule has 0 saturated carbocycles. The van der Waals surface area contributed by atoms with Crippen LogP contribution in [0.1, 0.15) is 21.5 Å². The first-order valence-corrected chi connectivity index (χ1v) is 10.3. The number of rotatable bonds is 7. The number of hydrogen-bond acceptors (Lipinski definition) is 6. The van der Waals surface area contributed by atoms with E-state index >= 15 is 0 Å². The summed E-state index contributed by atoms with van der Waals surface area (Å²) in [5.41, 5.74) is 1.64. The van der Waals surface area contributed by atoms with Crippen LogP contribution in [0, 0.1) is 5.82 Å². The van der Waals surface area contributed by atoms with Crippen LogP contribution in [0.15, 0.2) is 54.3 Å². The van der Waals surface area contributed by atoms with Gasteiger partial charge in [0.2, 0.25) is 5.78 Å². The molecule has 1 aliphatic heterocycles. The number of methoxy groups -OCH3 is 3. The Morgan fingerprint density at radius 2 is 1.67 bits per heavy atom. The number of carbonyl (C=O) groups excluding carboxylic acids is 1. The lowest BCUT2D eigenvalue weighted by Gasteiger charge is -2.12. The Bertz CT molecular complexity index is 1250. The molecule has 0 aliphatic carbocycles. The van der Waals surface area contributed by atoms with Gasteiger partial charge in [-0.25, -0.2) is 4.39 Å². The van der Waals surface area contributed by atoms with E-state index in [1.807, 2.05) is 0 Å². The smallest absolute Gasteiger partial charge is 0.231 e. The molecule has 0 spiro atoms. The van der Waals surface area contributed by atoms with Gasteiger partial charge in [0.1, 0.15) is 29.7 Å². The summed E-state index contributed by atoms with van der Waals surface area (Å²) in [6.45, 7) is 0.136. The van der Waals surface area contributed by atoms with Gasteiger partial charge in [-0.2, -0.15) is 0 Å². The molecule has 0 unspecified atom stereocenters. The summed E-state index contributed by atoms with van der Waals surface area (Å²) in [5.74, 6) is 1.78. The molecule has 3 aromatic carbocycles. The highest BCUT2D eigenvalue weighted by Crippen LogP contribution is 2.39. The third-order valence-electron chi connectivity index (χ3n) is 5.07. The fraction of sp³-hybridized carbons (Fsp3) is 0.160. The largest absolute Gasteiger partial charge is 0.496 e. The summed E-state index contributed by atoms with van der Waals surface area (Å²) < 4.78 is 40.8. The lowest BCUT2D eigenvalue weighted by molar-refractivity contribution is 0.101. The van der Waals surface area contributed by atoms with Crippen LogP contribution in [0.5, 0.6) is 28.7 Å². The number of hydrogen-bond donors (Lipinski definition) is 0. The minimum atomic E-state index is -0.418. The van der Waals surface area contributed by atoms with Crippen molar-refractivity contribution >= 4 is 23.5 Å². The van der Waals surface area contributed by atoms with E-state index in [2.05, 4.69) is 0 Å². The van der Waals surface area contributed by atoms with E-state index in [-0.39, 0.29) is 23.2 Å². The average Bonchev–Trinajstić information content (AvgIpc) is 3.12. The quantitative estimate of drug-likeness (QED) is 0.413. The van der Waals surface area contributed by atoms with Gasteiger partial charge in [-0.15, -0.1) is 0 Å². The van der Waals surface area contributed by atoms with E-state index in [0.29, 0.717) is 45.4 Å². The van der Waals surface area contributed by atoms with Gasteiger partial charge in [0.05, 0.1) is 31.9 Å². The highest BCUT2D eigenvalue weighted by Gasteiger charge is 2.28. The molecular weight excluding hydrogens is 451 g/mol. The van der Waals surface area contributed by atoms with Gasteiger partial charge < -0.3 is 23.7 Å². The number of benzene rings is 3. The second-order valence-electron chi connectivity index (χ2n) is 7.07. The van der Waals surface area contributed by atoms with E-state index in [1.165, 1.54) is 33.5 Å². The molecule has 3 aromatic rings. The number of ether oxygens (including phenoxy) is 5. The first-order chi connectivity index (χ1) is 15.9. The van der Waals surface area contributed by atoms with Crippen LogP contribution in [-0.2, 0) is 6.61 Å². The molecule has 4 rings (SSSR count). The minimum absolute atomic E-state index is 0.134. The van der Waals surface area contributed by atoms with Gasteiger partial charge in [-0.3, -0.25) is 4.79 Å². The summed E-state index contributed by atoms with van der Waals surface area (Å²) in [6.07, 6.45) is 1.59. The number of Topliss-reactive ketones (excluding diaryl/α,β-unsaturated/α-hetero) is 1. The Morgan fingerprint density at radius 3 is 2.36 bits per heavy atom. The SMILES string of the molecule is COc1cc(OC)c(OC)cc1C=C1Oc2cc(OCc3ccc(F)cc3Cl)ccc2C1=O. The van der Waals surface area contributed by atoms with Crippen molar-refractivity contribution in [1.82, 2.24) is 0 Å². The zero-order valence-corrected chi connectivity index (χ0v) is 18.9. The second-order valence-corrected chi connectivity index (χ2v) is 7.48. The summed E-state index contributed by atoms with van der Waals surface area (Å²) in [4.78, 5) is 12.9. The Morgan fingerprint density at radius 1 is 0.939 bits per heavy atom. The molecule has 33 heavy (non-hydrogen) atoms. The number of halogens is 2. The molecule has 0 atom stereocenters. The minimum Gasteiger partial charge on any atom is -0.496 e. The molecule has 8 heteroatoms. The van der Waals surface area contributed by atoms with Crippen LogP contribution in [0.2, 0.25) is 5.02 Å². The van der Waals surface area contributed by atoms with Crippen LogP contribution >= 0.6 is 11.6 Å². The third-order valence-corrected chi connectivity index (χ3v) is 5.43. The van der Waals surface area contributed by atoms with Crippen molar-refractivity contribution in [2.75, 3.05) is 21.3 Å². The highest BCUT2D eigenvalue weighted by atomic mass is 35.5. The van der Waals surface area contributed by atoms with Gasteiger partial charge >= 0.3 is 0 Å². The standard InChI is InChI=1S/C25H20ClFO6/c1-29-20-12-23(31-3)22(30-2)8-15(20)9-24-25(28)18-7-6-17(11-21(18)33-24)32-13-14-4-5-16(27)10-19(14)26/h4-12H,13H2,1-3H3. The summed E-state index contributed by atoms with van der Waals surface area (Å²) in [6, 6.07) is 12.4. The maximum absolute atomic E-state index is 13.2. The molecular formula is C25H20ClFO6. The summed E-state index contributed by atoms with van der Waals surface area (Å²) in [5, 5.41) is 0.275. The predicted octanol–water partition coefficient (Wildman–Crippen LogP) is 5.70. The normalized spacial score (nSPS) is 13.5. The maximum atomic E-state index is 13.2. The summed E-state index contributed by atoms with van der Waals surface area (Å²) in [7, 11) is 4.57. The molecule has 1 heterocycles. The van der Waals surface area contributed by atoms with E-state index in [4.69, 9.17) is 35.3 Å². The Kier molecular flexibility index (Phi) is 6.42. The lowest BCUT2D eigenvalue weighted by atomic mass is 10.1. The molecule has 0 fully saturated rings. The number of carbonyl (C=O) groups is 1. The molecule has 0 saturated heterocycles.